The number of nitrogens with one attached hydrogen (secondary N) is 1. The lowest BCUT2D eigenvalue weighted by molar-refractivity contribution is -0.181. The Hall–Kier alpha value is -2.04. The average Bonchev–Trinajstić information content (AvgIpc) is 2.55. The van der Waals surface area contributed by atoms with E-state index < -0.39 is 23.7 Å². The maximum atomic E-state index is 12.1. The van der Waals surface area contributed by atoms with E-state index in [4.69, 9.17) is 9.47 Å². The number of carbonyl (C=O) groups is 2. The Morgan fingerprint density at radius 3 is 2.52 bits per heavy atom. The fourth-order valence-electron chi connectivity index (χ4n) is 2.98. The van der Waals surface area contributed by atoms with Gasteiger partial charge in [-0.15, -0.1) is 0 Å². The van der Waals surface area contributed by atoms with E-state index in [0.29, 0.717) is 0 Å². The van der Waals surface area contributed by atoms with Crippen LogP contribution in [0.2, 0.25) is 0 Å². The zero-order valence-corrected chi connectivity index (χ0v) is 15.6. The van der Waals surface area contributed by atoms with Crippen LogP contribution in [0.25, 0.3) is 0 Å². The summed E-state index contributed by atoms with van der Waals surface area (Å²) in [5.41, 5.74) is 0.754. The van der Waals surface area contributed by atoms with Gasteiger partial charge in [0, 0.05) is 0 Å². The second-order valence-electron chi connectivity index (χ2n) is 7.61. The molecule has 2 rings (SSSR count). The van der Waals surface area contributed by atoms with Gasteiger partial charge in [-0.25, -0.2) is 9.59 Å². The molecule has 2 atom stereocenters. The molecule has 1 aliphatic heterocycles. The van der Waals surface area contributed by atoms with Gasteiger partial charge < -0.3 is 14.8 Å². The van der Waals surface area contributed by atoms with Crippen LogP contribution in [0.15, 0.2) is 30.3 Å². The summed E-state index contributed by atoms with van der Waals surface area (Å²) in [5, 5.41) is 2.63. The van der Waals surface area contributed by atoms with E-state index in [9.17, 15) is 9.59 Å². The van der Waals surface area contributed by atoms with Crippen LogP contribution < -0.4 is 5.32 Å². The molecule has 1 aromatic rings. The van der Waals surface area contributed by atoms with Crippen molar-refractivity contribution in [1.29, 1.82) is 0 Å². The number of ether oxygens (including phenoxy) is 2. The Bertz CT molecular complexity index is 583. The predicted molar refractivity (Wildman–Crippen MR) is 96.2 cm³/mol. The number of esters is 1. The van der Waals surface area contributed by atoms with Gasteiger partial charge in [0.2, 0.25) is 0 Å². The van der Waals surface area contributed by atoms with Crippen molar-refractivity contribution < 1.29 is 19.1 Å². The quantitative estimate of drug-likeness (QED) is 0.573. The lowest BCUT2D eigenvalue weighted by Gasteiger charge is -2.38. The van der Waals surface area contributed by atoms with Crippen LogP contribution in [-0.2, 0) is 20.7 Å². The van der Waals surface area contributed by atoms with Crippen molar-refractivity contribution in [3.05, 3.63) is 35.9 Å². The summed E-state index contributed by atoms with van der Waals surface area (Å²) < 4.78 is 10.6. The van der Waals surface area contributed by atoms with Gasteiger partial charge in [-0.05, 0) is 51.0 Å². The summed E-state index contributed by atoms with van der Waals surface area (Å²) in [6, 6.07) is 9.75. The molecule has 138 valence electrons. The van der Waals surface area contributed by atoms with Gasteiger partial charge in [0.15, 0.2) is 6.04 Å². The lowest BCUT2D eigenvalue weighted by atomic mass is 9.95. The Morgan fingerprint density at radius 1 is 1.24 bits per heavy atom. The minimum Gasteiger partial charge on any atom is -0.458 e. The van der Waals surface area contributed by atoms with E-state index in [1.165, 1.54) is 5.56 Å². The van der Waals surface area contributed by atoms with Crippen LogP contribution in [0.1, 0.15) is 52.5 Å². The Balaban J connectivity index is 1.70. The number of rotatable bonds is 8. The standard InChI is InChI=1S/C20H29NO4/c1-14(2)17-16(18(22)24-17)21-19(23)25-20(3,4)13-9-8-12-15-10-6-5-7-11-15/h5-7,10-11,14,16-17H,8-9,12-13H2,1-4H3,(H,21,23). The van der Waals surface area contributed by atoms with Crippen molar-refractivity contribution in [3.63, 3.8) is 0 Å². The van der Waals surface area contributed by atoms with Crippen LogP contribution >= 0.6 is 0 Å². The van der Waals surface area contributed by atoms with Gasteiger partial charge in [0.05, 0.1) is 0 Å². The summed E-state index contributed by atoms with van der Waals surface area (Å²) in [6.07, 6.45) is 2.98. The number of aryl methyl sites for hydroxylation is 1. The minimum absolute atomic E-state index is 0.161. The molecule has 0 aromatic heterocycles. The lowest BCUT2D eigenvalue weighted by Crippen LogP contribution is -2.62. The Morgan fingerprint density at radius 2 is 1.92 bits per heavy atom. The zero-order chi connectivity index (χ0) is 18.4. The Labute approximate surface area is 150 Å². The molecular formula is C20H29NO4. The van der Waals surface area contributed by atoms with Gasteiger partial charge in [-0.2, -0.15) is 0 Å². The maximum Gasteiger partial charge on any atom is 0.408 e. The third-order valence-electron chi connectivity index (χ3n) is 4.47. The first-order chi connectivity index (χ1) is 11.8. The molecule has 1 amide bonds. The number of amides is 1. The zero-order valence-electron chi connectivity index (χ0n) is 15.6. The molecule has 1 heterocycles. The third kappa shape index (κ3) is 5.76. The predicted octanol–water partition coefficient (Wildman–Crippen LogP) is 3.85. The molecule has 2 unspecified atom stereocenters. The monoisotopic (exact) mass is 347 g/mol. The molecule has 0 bridgehead atoms. The molecular weight excluding hydrogens is 318 g/mol. The molecule has 1 saturated heterocycles. The first-order valence-corrected chi connectivity index (χ1v) is 9.02. The SMILES string of the molecule is CC(C)C1OC(=O)C1NC(=O)OC(C)(C)CCCCc1ccccc1. The highest BCUT2D eigenvalue weighted by atomic mass is 16.6. The van der Waals surface area contributed by atoms with Crippen molar-refractivity contribution in [2.75, 3.05) is 0 Å². The Kier molecular flexibility index (Phi) is 6.45. The van der Waals surface area contributed by atoms with E-state index in [1.807, 2.05) is 45.9 Å². The summed E-state index contributed by atoms with van der Waals surface area (Å²) in [4.78, 5) is 23.6. The molecule has 1 fully saturated rings. The fraction of sp³-hybridized carbons (Fsp3) is 0.600. The number of alkyl carbamates (subject to hydrolysis) is 1. The van der Waals surface area contributed by atoms with Crippen molar-refractivity contribution in [2.24, 2.45) is 5.92 Å². The smallest absolute Gasteiger partial charge is 0.408 e. The highest BCUT2D eigenvalue weighted by Crippen LogP contribution is 2.24. The van der Waals surface area contributed by atoms with Crippen molar-refractivity contribution >= 4 is 12.1 Å². The first kappa shape index (κ1) is 19.3. The van der Waals surface area contributed by atoms with Crippen LogP contribution in [0.5, 0.6) is 0 Å². The van der Waals surface area contributed by atoms with E-state index in [-0.39, 0.29) is 12.0 Å². The van der Waals surface area contributed by atoms with Gasteiger partial charge in [-0.3, -0.25) is 0 Å². The molecule has 1 aromatic carbocycles. The average molecular weight is 347 g/mol. The van der Waals surface area contributed by atoms with E-state index >= 15 is 0 Å². The highest BCUT2D eigenvalue weighted by Gasteiger charge is 2.45. The number of benzene rings is 1. The van der Waals surface area contributed by atoms with Crippen molar-refractivity contribution in [1.82, 2.24) is 5.32 Å². The molecule has 5 heteroatoms. The fourth-order valence-corrected chi connectivity index (χ4v) is 2.98. The second kappa shape index (κ2) is 8.37. The molecule has 5 nitrogen and oxygen atoms in total. The summed E-state index contributed by atoms with van der Waals surface area (Å²) in [7, 11) is 0. The normalized spacial score (nSPS) is 20.0. The van der Waals surface area contributed by atoms with E-state index in [1.54, 1.807) is 0 Å². The number of cyclic esters (lactones) is 1. The number of unbranched alkanes of at least 4 members (excludes halogenated alkanes) is 1. The van der Waals surface area contributed by atoms with Crippen molar-refractivity contribution in [2.45, 2.75) is 71.1 Å². The molecule has 1 aliphatic rings. The second-order valence-corrected chi connectivity index (χ2v) is 7.61. The topological polar surface area (TPSA) is 64.6 Å². The molecule has 0 spiro atoms. The summed E-state index contributed by atoms with van der Waals surface area (Å²) >= 11 is 0. The molecule has 0 aliphatic carbocycles. The van der Waals surface area contributed by atoms with Crippen molar-refractivity contribution in [3.8, 4) is 0 Å². The van der Waals surface area contributed by atoms with Crippen LogP contribution in [0.4, 0.5) is 4.79 Å². The number of carbonyl (C=O) groups excluding carboxylic acids is 2. The molecule has 0 radical (unpaired) electrons. The maximum absolute atomic E-state index is 12.1. The number of hydrogen-bond donors (Lipinski definition) is 1. The third-order valence-corrected chi connectivity index (χ3v) is 4.47. The van der Waals surface area contributed by atoms with E-state index in [2.05, 4.69) is 17.4 Å². The van der Waals surface area contributed by atoms with Gasteiger partial charge in [0.25, 0.3) is 0 Å². The highest BCUT2D eigenvalue weighted by molar-refractivity contribution is 5.86. The van der Waals surface area contributed by atoms with Crippen LogP contribution in [0, 0.1) is 5.92 Å². The largest absolute Gasteiger partial charge is 0.458 e. The van der Waals surface area contributed by atoms with Crippen LogP contribution in [0.3, 0.4) is 0 Å². The summed E-state index contributed by atoms with van der Waals surface area (Å²) in [6.45, 7) is 7.70. The van der Waals surface area contributed by atoms with Gasteiger partial charge in [0.1, 0.15) is 11.7 Å². The van der Waals surface area contributed by atoms with Gasteiger partial charge in [-0.1, -0.05) is 44.2 Å². The molecule has 1 N–H and O–H groups in total. The molecule has 25 heavy (non-hydrogen) atoms. The number of hydrogen-bond acceptors (Lipinski definition) is 4. The molecule has 0 saturated carbocycles. The van der Waals surface area contributed by atoms with Crippen LogP contribution in [-0.4, -0.2) is 29.8 Å². The summed E-state index contributed by atoms with van der Waals surface area (Å²) in [5.74, 6) is -0.231. The first-order valence-electron chi connectivity index (χ1n) is 9.02. The van der Waals surface area contributed by atoms with E-state index in [0.717, 1.165) is 25.7 Å². The minimum atomic E-state index is -0.596. The van der Waals surface area contributed by atoms with Gasteiger partial charge >= 0.3 is 12.1 Å².